The summed E-state index contributed by atoms with van der Waals surface area (Å²) in [4.78, 5) is 10.4. The fourth-order valence-electron chi connectivity index (χ4n) is 1.16. The molecule has 3 heteroatoms. The zero-order valence-electron chi connectivity index (χ0n) is 7.18. The molecule has 0 aliphatic rings. The van der Waals surface area contributed by atoms with Crippen molar-refractivity contribution in [1.82, 2.24) is 0 Å². The molecule has 0 saturated heterocycles. The van der Waals surface area contributed by atoms with E-state index in [0.717, 1.165) is 5.56 Å². The maximum atomic E-state index is 10.4. The van der Waals surface area contributed by atoms with Gasteiger partial charge in [-0.3, -0.25) is 4.79 Å². The monoisotopic (exact) mass is 196 g/mol. The summed E-state index contributed by atoms with van der Waals surface area (Å²) in [7, 11) is 0. The molecule has 0 amide bonds. The van der Waals surface area contributed by atoms with Gasteiger partial charge in [0, 0.05) is 5.25 Å². The van der Waals surface area contributed by atoms with Crippen LogP contribution in [0.1, 0.15) is 12.0 Å². The second-order valence-corrected chi connectivity index (χ2v) is 3.67. The number of benzene rings is 1. The maximum absolute atomic E-state index is 10.4. The summed E-state index contributed by atoms with van der Waals surface area (Å²) in [5.41, 5.74) is 1.13. The second-order valence-electron chi connectivity index (χ2n) is 2.94. The van der Waals surface area contributed by atoms with E-state index >= 15 is 0 Å². The van der Waals surface area contributed by atoms with Crippen LogP contribution in [0.2, 0.25) is 0 Å². The molecule has 0 heterocycles. The summed E-state index contributed by atoms with van der Waals surface area (Å²) < 4.78 is 0. The van der Waals surface area contributed by atoms with Crippen molar-refractivity contribution >= 4 is 18.6 Å². The molecule has 1 rings (SSSR count). The molecular weight excluding hydrogens is 184 g/mol. The third-order valence-corrected chi connectivity index (χ3v) is 2.09. The number of thiol groups is 1. The van der Waals surface area contributed by atoms with E-state index < -0.39 is 5.97 Å². The average molecular weight is 196 g/mol. The molecule has 0 radical (unpaired) electrons. The number of carboxylic acids is 1. The first-order valence-electron chi connectivity index (χ1n) is 4.12. The summed E-state index contributed by atoms with van der Waals surface area (Å²) >= 11 is 4.20. The van der Waals surface area contributed by atoms with Crippen LogP contribution >= 0.6 is 12.6 Å². The molecule has 2 nitrogen and oxygen atoms in total. The number of aliphatic carboxylic acids is 1. The summed E-state index contributed by atoms with van der Waals surface area (Å²) in [6, 6.07) is 9.78. The number of rotatable bonds is 4. The highest BCUT2D eigenvalue weighted by Crippen LogP contribution is 2.10. The zero-order valence-corrected chi connectivity index (χ0v) is 8.08. The molecule has 13 heavy (non-hydrogen) atoms. The Balaban J connectivity index is 2.45. The van der Waals surface area contributed by atoms with Crippen molar-refractivity contribution in [2.24, 2.45) is 0 Å². The molecule has 1 aromatic carbocycles. The van der Waals surface area contributed by atoms with Gasteiger partial charge >= 0.3 is 5.97 Å². The Morgan fingerprint density at radius 1 is 1.38 bits per heavy atom. The number of carbonyl (C=O) groups is 1. The smallest absolute Gasteiger partial charge is 0.304 e. The van der Waals surface area contributed by atoms with Crippen LogP contribution in [0.25, 0.3) is 0 Å². The van der Waals surface area contributed by atoms with Gasteiger partial charge in [0.15, 0.2) is 0 Å². The van der Waals surface area contributed by atoms with Crippen LogP contribution in [-0.2, 0) is 11.2 Å². The largest absolute Gasteiger partial charge is 0.481 e. The minimum atomic E-state index is -0.795. The van der Waals surface area contributed by atoms with Crippen LogP contribution in [0, 0.1) is 0 Å². The van der Waals surface area contributed by atoms with Gasteiger partial charge in [-0.25, -0.2) is 0 Å². The third-order valence-electron chi connectivity index (χ3n) is 1.72. The van der Waals surface area contributed by atoms with Crippen LogP contribution in [-0.4, -0.2) is 16.3 Å². The van der Waals surface area contributed by atoms with E-state index in [0.29, 0.717) is 6.42 Å². The number of hydrogen-bond acceptors (Lipinski definition) is 2. The van der Waals surface area contributed by atoms with E-state index in [1.165, 1.54) is 0 Å². The molecule has 1 atom stereocenters. The Labute approximate surface area is 83.0 Å². The van der Waals surface area contributed by atoms with Gasteiger partial charge in [-0.15, -0.1) is 0 Å². The molecule has 0 aliphatic carbocycles. The van der Waals surface area contributed by atoms with Crippen molar-refractivity contribution in [2.75, 3.05) is 0 Å². The first kappa shape index (κ1) is 10.1. The van der Waals surface area contributed by atoms with Gasteiger partial charge in [-0.1, -0.05) is 30.3 Å². The van der Waals surface area contributed by atoms with Gasteiger partial charge in [-0.05, 0) is 12.0 Å². The Bertz CT molecular complexity index is 272. The number of hydrogen-bond donors (Lipinski definition) is 2. The van der Waals surface area contributed by atoms with Crippen LogP contribution in [0.5, 0.6) is 0 Å². The van der Waals surface area contributed by atoms with E-state index in [-0.39, 0.29) is 11.7 Å². The van der Waals surface area contributed by atoms with Gasteiger partial charge < -0.3 is 5.11 Å². The van der Waals surface area contributed by atoms with Crippen molar-refractivity contribution in [3.05, 3.63) is 35.9 Å². The van der Waals surface area contributed by atoms with Gasteiger partial charge in [-0.2, -0.15) is 12.6 Å². The van der Waals surface area contributed by atoms with E-state index in [2.05, 4.69) is 12.6 Å². The normalized spacial score (nSPS) is 12.4. The Morgan fingerprint density at radius 2 is 2.00 bits per heavy atom. The standard InChI is InChI=1S/C10H12O2S/c11-10(12)7-9(13)6-8-4-2-1-3-5-8/h1-5,9,13H,6-7H2,(H,11,12). The lowest BCUT2D eigenvalue weighted by molar-refractivity contribution is -0.136. The van der Waals surface area contributed by atoms with E-state index in [1.807, 2.05) is 30.3 Å². The van der Waals surface area contributed by atoms with Crippen LogP contribution in [0.3, 0.4) is 0 Å². The molecule has 0 fully saturated rings. The van der Waals surface area contributed by atoms with Gasteiger partial charge in [0.05, 0.1) is 6.42 Å². The first-order valence-corrected chi connectivity index (χ1v) is 4.64. The fraction of sp³-hybridized carbons (Fsp3) is 0.300. The van der Waals surface area contributed by atoms with Crippen LogP contribution in [0.4, 0.5) is 0 Å². The zero-order chi connectivity index (χ0) is 9.68. The lowest BCUT2D eigenvalue weighted by Crippen LogP contribution is -2.09. The van der Waals surface area contributed by atoms with Gasteiger partial charge in [0.25, 0.3) is 0 Å². The van der Waals surface area contributed by atoms with E-state index in [1.54, 1.807) is 0 Å². The van der Waals surface area contributed by atoms with Gasteiger partial charge in [0.2, 0.25) is 0 Å². The number of carboxylic acid groups (broad SMARTS) is 1. The summed E-state index contributed by atoms with van der Waals surface area (Å²) in [6.45, 7) is 0. The minimum absolute atomic E-state index is 0.0973. The highest BCUT2D eigenvalue weighted by atomic mass is 32.1. The Hall–Kier alpha value is -0.960. The predicted molar refractivity (Wildman–Crippen MR) is 55.2 cm³/mol. The van der Waals surface area contributed by atoms with Crippen molar-refractivity contribution in [2.45, 2.75) is 18.1 Å². The Kier molecular flexibility index (Phi) is 3.83. The Morgan fingerprint density at radius 3 is 2.54 bits per heavy atom. The highest BCUT2D eigenvalue weighted by Gasteiger charge is 2.08. The molecule has 1 N–H and O–H groups in total. The fourth-order valence-corrected chi connectivity index (χ4v) is 1.53. The molecule has 70 valence electrons. The van der Waals surface area contributed by atoms with Crippen molar-refractivity contribution < 1.29 is 9.90 Å². The van der Waals surface area contributed by atoms with Crippen molar-refractivity contribution in [3.8, 4) is 0 Å². The molecule has 0 aromatic heterocycles. The molecule has 0 bridgehead atoms. The van der Waals surface area contributed by atoms with Crippen molar-refractivity contribution in [3.63, 3.8) is 0 Å². The highest BCUT2D eigenvalue weighted by molar-refractivity contribution is 7.81. The SMILES string of the molecule is O=C(O)CC(S)Cc1ccccc1. The second kappa shape index (κ2) is 4.92. The quantitative estimate of drug-likeness (QED) is 0.723. The summed E-state index contributed by atoms with van der Waals surface area (Å²) in [5, 5.41) is 8.42. The van der Waals surface area contributed by atoms with E-state index in [4.69, 9.17) is 5.11 Å². The predicted octanol–water partition coefficient (Wildman–Crippen LogP) is 2.00. The minimum Gasteiger partial charge on any atom is -0.481 e. The lowest BCUT2D eigenvalue weighted by atomic mass is 10.1. The molecule has 0 spiro atoms. The van der Waals surface area contributed by atoms with E-state index in [9.17, 15) is 4.79 Å². The molecule has 1 aromatic rings. The van der Waals surface area contributed by atoms with Crippen molar-refractivity contribution in [1.29, 1.82) is 0 Å². The first-order chi connectivity index (χ1) is 6.18. The lowest BCUT2D eigenvalue weighted by Gasteiger charge is -2.06. The van der Waals surface area contributed by atoms with Crippen LogP contribution in [0.15, 0.2) is 30.3 Å². The summed E-state index contributed by atoms with van der Waals surface area (Å²) in [5.74, 6) is -0.795. The molecule has 1 unspecified atom stereocenters. The average Bonchev–Trinajstić information content (AvgIpc) is 2.04. The van der Waals surface area contributed by atoms with Crippen LogP contribution < -0.4 is 0 Å². The molecular formula is C10H12O2S. The topological polar surface area (TPSA) is 37.3 Å². The molecule has 0 aliphatic heterocycles. The summed E-state index contributed by atoms with van der Waals surface area (Å²) in [6.07, 6.45) is 0.814. The van der Waals surface area contributed by atoms with Gasteiger partial charge in [0.1, 0.15) is 0 Å². The maximum Gasteiger partial charge on any atom is 0.304 e. The third kappa shape index (κ3) is 3.99. The molecule has 0 saturated carbocycles.